The van der Waals surface area contributed by atoms with Crippen LogP contribution in [0.1, 0.15) is 6.92 Å². The van der Waals surface area contributed by atoms with Gasteiger partial charge in [-0.3, -0.25) is 4.79 Å². The van der Waals surface area contributed by atoms with Crippen molar-refractivity contribution >= 4 is 33.2 Å². The number of benzene rings is 1. The van der Waals surface area contributed by atoms with Crippen molar-refractivity contribution in [1.82, 2.24) is 4.31 Å². The van der Waals surface area contributed by atoms with Gasteiger partial charge in [-0.2, -0.15) is 4.31 Å². The molecule has 0 saturated carbocycles. The zero-order valence-electron chi connectivity index (χ0n) is 12.0. The van der Waals surface area contributed by atoms with Crippen LogP contribution in [0.25, 0.3) is 0 Å². The van der Waals surface area contributed by atoms with Gasteiger partial charge in [0.05, 0.1) is 11.5 Å². The third-order valence-corrected chi connectivity index (χ3v) is 4.77. The summed E-state index contributed by atoms with van der Waals surface area (Å²) >= 11 is 5.66. The van der Waals surface area contributed by atoms with Crippen molar-refractivity contribution in [2.75, 3.05) is 38.0 Å². The number of methoxy groups -OCH3 is 1. The quantitative estimate of drug-likeness (QED) is 0.731. The van der Waals surface area contributed by atoms with Gasteiger partial charge in [-0.15, -0.1) is 11.6 Å². The summed E-state index contributed by atoms with van der Waals surface area (Å²) < 4.78 is 31.2. The summed E-state index contributed by atoms with van der Waals surface area (Å²) in [7, 11) is -2.12. The largest absolute Gasteiger partial charge is 0.383 e. The second kappa shape index (κ2) is 8.33. The molecule has 0 aromatic heterocycles. The van der Waals surface area contributed by atoms with E-state index in [1.54, 1.807) is 12.1 Å². The maximum Gasteiger partial charge on any atom is 0.243 e. The van der Waals surface area contributed by atoms with Gasteiger partial charge < -0.3 is 10.1 Å². The lowest BCUT2D eigenvalue weighted by Gasteiger charge is -2.21. The van der Waals surface area contributed by atoms with E-state index in [1.165, 1.54) is 30.5 Å². The fourth-order valence-electron chi connectivity index (χ4n) is 1.70. The molecule has 1 aromatic rings. The smallest absolute Gasteiger partial charge is 0.243 e. The predicted molar refractivity (Wildman–Crippen MR) is 82.1 cm³/mol. The number of hydrogen-bond acceptors (Lipinski definition) is 4. The third kappa shape index (κ3) is 5.28. The number of alkyl halides is 1. The zero-order valence-corrected chi connectivity index (χ0v) is 13.6. The van der Waals surface area contributed by atoms with E-state index >= 15 is 0 Å². The average molecular weight is 335 g/mol. The Bertz CT molecular complexity index is 560. The van der Waals surface area contributed by atoms with E-state index in [1.807, 2.05) is 0 Å². The molecule has 0 saturated heterocycles. The van der Waals surface area contributed by atoms with Gasteiger partial charge >= 0.3 is 0 Å². The van der Waals surface area contributed by atoms with Crippen LogP contribution in [0.3, 0.4) is 0 Å². The highest BCUT2D eigenvalue weighted by molar-refractivity contribution is 7.89. The van der Waals surface area contributed by atoms with Crippen molar-refractivity contribution in [3.05, 3.63) is 24.3 Å². The van der Waals surface area contributed by atoms with Crippen LogP contribution in [0.5, 0.6) is 0 Å². The van der Waals surface area contributed by atoms with E-state index in [-0.39, 0.29) is 29.8 Å². The lowest BCUT2D eigenvalue weighted by molar-refractivity contribution is -0.114. The van der Waals surface area contributed by atoms with Crippen LogP contribution < -0.4 is 5.32 Å². The second-order valence-corrected chi connectivity index (χ2v) is 6.61. The monoisotopic (exact) mass is 334 g/mol. The number of nitrogens with zero attached hydrogens (tertiary/aromatic N) is 1. The van der Waals surface area contributed by atoms with Crippen molar-refractivity contribution in [1.29, 1.82) is 0 Å². The topological polar surface area (TPSA) is 75.7 Å². The number of rotatable bonds is 8. The Balaban J connectivity index is 2.95. The molecule has 21 heavy (non-hydrogen) atoms. The molecule has 0 atom stereocenters. The summed E-state index contributed by atoms with van der Waals surface area (Å²) in [5, 5.41) is 2.58. The Morgan fingerprint density at radius 1 is 1.29 bits per heavy atom. The molecular formula is C13H19ClN2O4S. The summed E-state index contributed by atoms with van der Waals surface area (Å²) in [6.07, 6.45) is 0. The molecule has 0 heterocycles. The number of carbonyl (C=O) groups excluding carboxylic acids is 1. The SMILES string of the molecule is COCCN(CCCl)S(=O)(=O)c1ccc(NC(C)=O)cc1. The first kappa shape index (κ1) is 17.9. The molecule has 0 radical (unpaired) electrons. The minimum absolute atomic E-state index is 0.151. The highest BCUT2D eigenvalue weighted by Gasteiger charge is 2.23. The number of amides is 1. The third-order valence-electron chi connectivity index (χ3n) is 2.69. The van der Waals surface area contributed by atoms with E-state index in [0.29, 0.717) is 12.3 Å². The maximum atomic E-state index is 12.5. The van der Waals surface area contributed by atoms with Crippen LogP contribution in [0, 0.1) is 0 Å². The number of hydrogen-bond donors (Lipinski definition) is 1. The first-order valence-corrected chi connectivity index (χ1v) is 8.32. The van der Waals surface area contributed by atoms with E-state index < -0.39 is 10.0 Å². The first-order chi connectivity index (χ1) is 9.91. The van der Waals surface area contributed by atoms with E-state index in [2.05, 4.69) is 5.32 Å². The normalized spacial score (nSPS) is 11.6. The molecule has 0 unspecified atom stereocenters. The summed E-state index contributed by atoms with van der Waals surface area (Å²) in [6, 6.07) is 6.00. The van der Waals surface area contributed by atoms with E-state index in [4.69, 9.17) is 16.3 Å². The molecule has 1 rings (SSSR count). The van der Waals surface area contributed by atoms with Crippen LogP contribution >= 0.6 is 11.6 Å². The standard InChI is InChI=1S/C13H19ClN2O4S/c1-11(17)15-12-3-5-13(6-4-12)21(18,19)16(8-7-14)9-10-20-2/h3-6H,7-10H2,1-2H3,(H,15,17). The molecular weight excluding hydrogens is 316 g/mol. The Hall–Kier alpha value is -1.15. The van der Waals surface area contributed by atoms with Gasteiger partial charge in [-0.1, -0.05) is 0 Å². The molecule has 1 N–H and O–H groups in total. The fourth-order valence-corrected chi connectivity index (χ4v) is 3.43. The minimum Gasteiger partial charge on any atom is -0.383 e. The molecule has 8 heteroatoms. The minimum atomic E-state index is -3.62. The van der Waals surface area contributed by atoms with Crippen molar-refractivity contribution in [2.45, 2.75) is 11.8 Å². The lowest BCUT2D eigenvalue weighted by Crippen LogP contribution is -2.35. The van der Waals surface area contributed by atoms with Crippen LogP contribution in [0.15, 0.2) is 29.2 Å². The van der Waals surface area contributed by atoms with Gasteiger partial charge in [-0.25, -0.2) is 8.42 Å². The number of anilines is 1. The predicted octanol–water partition coefficient (Wildman–Crippen LogP) is 1.52. The summed E-state index contributed by atoms with van der Waals surface area (Å²) in [5.41, 5.74) is 0.544. The van der Waals surface area contributed by atoms with Gasteiger partial charge in [0.1, 0.15) is 0 Å². The molecule has 1 amide bonds. The molecule has 0 fully saturated rings. The van der Waals surface area contributed by atoms with E-state index in [0.717, 1.165) is 0 Å². The summed E-state index contributed by atoms with van der Waals surface area (Å²) in [4.78, 5) is 11.1. The van der Waals surface area contributed by atoms with Gasteiger partial charge in [0.2, 0.25) is 15.9 Å². The van der Waals surface area contributed by atoms with Crippen molar-refractivity contribution in [3.63, 3.8) is 0 Å². The number of sulfonamides is 1. The summed E-state index contributed by atoms with van der Waals surface area (Å²) in [5.74, 6) is -0.0121. The second-order valence-electron chi connectivity index (χ2n) is 4.29. The number of carbonyl (C=O) groups is 1. The van der Waals surface area contributed by atoms with Gasteiger partial charge in [0, 0.05) is 38.7 Å². The molecule has 6 nitrogen and oxygen atoms in total. The van der Waals surface area contributed by atoms with Crippen LogP contribution in [0.2, 0.25) is 0 Å². The van der Waals surface area contributed by atoms with Gasteiger partial charge in [0.25, 0.3) is 0 Å². The molecule has 0 spiro atoms. The summed E-state index contributed by atoms with van der Waals surface area (Å²) in [6.45, 7) is 2.12. The highest BCUT2D eigenvalue weighted by atomic mass is 35.5. The van der Waals surface area contributed by atoms with E-state index in [9.17, 15) is 13.2 Å². The van der Waals surface area contributed by atoms with Crippen molar-refractivity contribution in [3.8, 4) is 0 Å². The van der Waals surface area contributed by atoms with Gasteiger partial charge in [0.15, 0.2) is 0 Å². The molecule has 0 aliphatic carbocycles. The number of halogens is 1. The highest BCUT2D eigenvalue weighted by Crippen LogP contribution is 2.18. The Morgan fingerprint density at radius 2 is 1.90 bits per heavy atom. The Morgan fingerprint density at radius 3 is 2.38 bits per heavy atom. The van der Waals surface area contributed by atoms with Crippen molar-refractivity contribution in [2.24, 2.45) is 0 Å². The maximum absolute atomic E-state index is 12.5. The number of ether oxygens (including phenoxy) is 1. The molecule has 0 aliphatic heterocycles. The van der Waals surface area contributed by atoms with Crippen LogP contribution in [-0.4, -0.2) is 51.3 Å². The van der Waals surface area contributed by atoms with Crippen LogP contribution in [-0.2, 0) is 19.6 Å². The zero-order chi connectivity index (χ0) is 15.9. The first-order valence-electron chi connectivity index (χ1n) is 6.34. The average Bonchev–Trinajstić information content (AvgIpc) is 2.43. The Labute approximate surface area is 130 Å². The molecule has 118 valence electrons. The number of nitrogens with one attached hydrogen (secondary N) is 1. The lowest BCUT2D eigenvalue weighted by atomic mass is 10.3. The van der Waals surface area contributed by atoms with Crippen LogP contribution in [0.4, 0.5) is 5.69 Å². The van der Waals surface area contributed by atoms with Gasteiger partial charge in [-0.05, 0) is 24.3 Å². The molecule has 0 aliphatic rings. The molecule has 1 aromatic carbocycles. The fraction of sp³-hybridized carbons (Fsp3) is 0.462. The Kier molecular flexibility index (Phi) is 7.10. The molecule has 0 bridgehead atoms. The van der Waals surface area contributed by atoms with Crippen molar-refractivity contribution < 1.29 is 17.9 Å².